The van der Waals surface area contributed by atoms with Gasteiger partial charge in [-0.3, -0.25) is 14.5 Å². The predicted octanol–water partition coefficient (Wildman–Crippen LogP) is 1.49. The molecule has 2 amide bonds. The Balaban J connectivity index is 1.77. The lowest BCUT2D eigenvalue weighted by Crippen LogP contribution is -2.42. The Hall–Kier alpha value is -1.88. The molecule has 3 rings (SSSR count). The molecule has 0 unspecified atom stereocenters. The van der Waals surface area contributed by atoms with Crippen LogP contribution in [0.2, 0.25) is 0 Å². The first kappa shape index (κ1) is 14.1. The second-order valence-electron chi connectivity index (χ2n) is 5.72. The number of nitrogens with zero attached hydrogens (tertiary/aromatic N) is 2. The summed E-state index contributed by atoms with van der Waals surface area (Å²) >= 11 is 0. The standard InChI is InChI=1S/C16H21N3O2/c1-3-17-11-6-8-19(9-7-11)12-4-5-13-14(10-12)16(21)18(2)15(13)20/h4-5,10-11,17H,3,6-9H2,1-2H3. The second kappa shape index (κ2) is 5.48. The average Bonchev–Trinajstić information content (AvgIpc) is 2.73. The normalized spacial score (nSPS) is 19.3. The van der Waals surface area contributed by atoms with Gasteiger partial charge in [-0.15, -0.1) is 0 Å². The van der Waals surface area contributed by atoms with Gasteiger partial charge in [-0.05, 0) is 37.6 Å². The molecule has 0 aliphatic carbocycles. The molecular weight excluding hydrogens is 266 g/mol. The van der Waals surface area contributed by atoms with E-state index < -0.39 is 0 Å². The summed E-state index contributed by atoms with van der Waals surface area (Å²) in [5.41, 5.74) is 2.10. The monoisotopic (exact) mass is 287 g/mol. The molecule has 1 aromatic carbocycles. The van der Waals surface area contributed by atoms with Crippen molar-refractivity contribution in [3.05, 3.63) is 29.3 Å². The van der Waals surface area contributed by atoms with E-state index in [1.807, 2.05) is 12.1 Å². The third-order valence-corrected chi connectivity index (χ3v) is 4.43. The van der Waals surface area contributed by atoms with Crippen molar-refractivity contribution in [1.82, 2.24) is 10.2 Å². The molecule has 1 aromatic rings. The minimum atomic E-state index is -0.201. The number of amides is 2. The minimum absolute atomic E-state index is 0.195. The van der Waals surface area contributed by atoms with Crippen LogP contribution in [0.5, 0.6) is 0 Å². The van der Waals surface area contributed by atoms with Crippen molar-refractivity contribution in [3.8, 4) is 0 Å². The van der Waals surface area contributed by atoms with E-state index in [9.17, 15) is 9.59 Å². The molecule has 21 heavy (non-hydrogen) atoms. The van der Waals surface area contributed by atoms with Crippen molar-refractivity contribution in [3.63, 3.8) is 0 Å². The SMILES string of the molecule is CCNC1CCN(c2ccc3c(c2)C(=O)N(C)C3=O)CC1. The lowest BCUT2D eigenvalue weighted by atomic mass is 10.0. The highest BCUT2D eigenvalue weighted by Gasteiger charge is 2.33. The number of carbonyl (C=O) groups excluding carboxylic acids is 2. The summed E-state index contributed by atoms with van der Waals surface area (Å²) in [7, 11) is 1.53. The Morgan fingerprint density at radius 1 is 1.14 bits per heavy atom. The summed E-state index contributed by atoms with van der Waals surface area (Å²) < 4.78 is 0. The van der Waals surface area contributed by atoms with Crippen LogP contribution in [0.25, 0.3) is 0 Å². The van der Waals surface area contributed by atoms with Crippen LogP contribution in [-0.2, 0) is 0 Å². The highest BCUT2D eigenvalue weighted by Crippen LogP contribution is 2.28. The molecule has 1 fully saturated rings. The zero-order chi connectivity index (χ0) is 15.0. The van der Waals surface area contributed by atoms with Gasteiger partial charge in [0, 0.05) is 31.9 Å². The highest BCUT2D eigenvalue weighted by atomic mass is 16.2. The maximum Gasteiger partial charge on any atom is 0.261 e. The topological polar surface area (TPSA) is 52.7 Å². The molecular formula is C16H21N3O2. The van der Waals surface area contributed by atoms with Crippen LogP contribution in [0.4, 0.5) is 5.69 Å². The lowest BCUT2D eigenvalue weighted by molar-refractivity contribution is 0.0693. The maximum absolute atomic E-state index is 12.1. The van der Waals surface area contributed by atoms with Gasteiger partial charge in [0.05, 0.1) is 11.1 Å². The third-order valence-electron chi connectivity index (χ3n) is 4.43. The first-order valence-electron chi connectivity index (χ1n) is 7.56. The number of hydrogen-bond acceptors (Lipinski definition) is 4. The van der Waals surface area contributed by atoms with Crippen LogP contribution in [-0.4, -0.2) is 49.4 Å². The Kier molecular flexibility index (Phi) is 3.68. The van der Waals surface area contributed by atoms with Crippen LogP contribution in [0.15, 0.2) is 18.2 Å². The van der Waals surface area contributed by atoms with Gasteiger partial charge < -0.3 is 10.2 Å². The minimum Gasteiger partial charge on any atom is -0.371 e. The van der Waals surface area contributed by atoms with Crippen molar-refractivity contribution < 1.29 is 9.59 Å². The third kappa shape index (κ3) is 2.42. The van der Waals surface area contributed by atoms with E-state index >= 15 is 0 Å². The number of hydrogen-bond donors (Lipinski definition) is 1. The molecule has 2 aliphatic heterocycles. The molecule has 0 radical (unpaired) electrons. The molecule has 2 aliphatic rings. The van der Waals surface area contributed by atoms with Gasteiger partial charge in [-0.1, -0.05) is 6.92 Å². The van der Waals surface area contributed by atoms with E-state index in [1.54, 1.807) is 6.07 Å². The fourth-order valence-electron chi connectivity index (χ4n) is 3.18. The highest BCUT2D eigenvalue weighted by molar-refractivity contribution is 6.21. The molecule has 0 atom stereocenters. The molecule has 1 saturated heterocycles. The molecule has 0 bridgehead atoms. The van der Waals surface area contributed by atoms with E-state index in [0.29, 0.717) is 17.2 Å². The summed E-state index contributed by atoms with van der Waals surface area (Å²) in [4.78, 5) is 27.4. The largest absolute Gasteiger partial charge is 0.371 e. The van der Waals surface area contributed by atoms with Crippen LogP contribution in [0, 0.1) is 0 Å². The zero-order valence-electron chi connectivity index (χ0n) is 12.6. The van der Waals surface area contributed by atoms with E-state index in [0.717, 1.165) is 38.2 Å². The molecule has 112 valence electrons. The van der Waals surface area contributed by atoms with Crippen molar-refractivity contribution >= 4 is 17.5 Å². The maximum atomic E-state index is 12.1. The van der Waals surface area contributed by atoms with Gasteiger partial charge in [-0.25, -0.2) is 0 Å². The number of carbonyl (C=O) groups is 2. The summed E-state index contributed by atoms with van der Waals surface area (Å²) in [5.74, 6) is -0.396. The van der Waals surface area contributed by atoms with E-state index in [1.165, 1.54) is 11.9 Å². The molecule has 0 aromatic heterocycles. The molecule has 5 nitrogen and oxygen atoms in total. The van der Waals surface area contributed by atoms with Gasteiger partial charge in [0.15, 0.2) is 0 Å². The summed E-state index contributed by atoms with van der Waals surface area (Å²) in [6.07, 6.45) is 2.22. The van der Waals surface area contributed by atoms with Crippen molar-refractivity contribution in [1.29, 1.82) is 0 Å². The van der Waals surface area contributed by atoms with E-state index in [-0.39, 0.29) is 11.8 Å². The van der Waals surface area contributed by atoms with Crippen LogP contribution >= 0.6 is 0 Å². The number of piperidine rings is 1. The van der Waals surface area contributed by atoms with Gasteiger partial charge in [0.2, 0.25) is 0 Å². The number of benzene rings is 1. The lowest BCUT2D eigenvalue weighted by Gasteiger charge is -2.34. The van der Waals surface area contributed by atoms with Crippen molar-refractivity contribution in [2.75, 3.05) is 31.6 Å². The number of imide groups is 1. The summed E-state index contributed by atoms with van der Waals surface area (Å²) in [6.45, 7) is 5.10. The molecule has 5 heteroatoms. The Bertz CT molecular complexity index is 577. The second-order valence-corrected chi connectivity index (χ2v) is 5.72. The number of nitrogens with one attached hydrogen (secondary N) is 1. The Morgan fingerprint density at radius 3 is 2.48 bits per heavy atom. The predicted molar refractivity (Wildman–Crippen MR) is 81.8 cm³/mol. The quantitative estimate of drug-likeness (QED) is 0.856. The first-order valence-corrected chi connectivity index (χ1v) is 7.56. The van der Waals surface area contributed by atoms with Crippen LogP contribution in [0.3, 0.4) is 0 Å². The number of fused-ring (bicyclic) bond motifs is 1. The zero-order valence-corrected chi connectivity index (χ0v) is 12.6. The molecule has 0 saturated carbocycles. The van der Waals surface area contributed by atoms with Crippen molar-refractivity contribution in [2.24, 2.45) is 0 Å². The van der Waals surface area contributed by atoms with Crippen LogP contribution in [0.1, 0.15) is 40.5 Å². The fourth-order valence-corrected chi connectivity index (χ4v) is 3.18. The Labute approximate surface area is 124 Å². The average molecular weight is 287 g/mol. The molecule has 1 N–H and O–H groups in total. The first-order chi connectivity index (χ1) is 10.1. The summed E-state index contributed by atoms with van der Waals surface area (Å²) in [5, 5.41) is 3.48. The Morgan fingerprint density at radius 2 is 1.81 bits per heavy atom. The fraction of sp³-hybridized carbons (Fsp3) is 0.500. The summed E-state index contributed by atoms with van der Waals surface area (Å²) in [6, 6.07) is 6.20. The van der Waals surface area contributed by atoms with E-state index in [4.69, 9.17) is 0 Å². The molecule has 0 spiro atoms. The van der Waals surface area contributed by atoms with Gasteiger partial charge in [0.1, 0.15) is 0 Å². The van der Waals surface area contributed by atoms with Gasteiger partial charge >= 0.3 is 0 Å². The number of rotatable bonds is 3. The van der Waals surface area contributed by atoms with Gasteiger partial charge in [0.25, 0.3) is 11.8 Å². The number of anilines is 1. The van der Waals surface area contributed by atoms with E-state index in [2.05, 4.69) is 17.1 Å². The van der Waals surface area contributed by atoms with Crippen LogP contribution < -0.4 is 10.2 Å². The molecule has 2 heterocycles. The smallest absolute Gasteiger partial charge is 0.261 e. The van der Waals surface area contributed by atoms with Gasteiger partial charge in [-0.2, -0.15) is 0 Å². The van der Waals surface area contributed by atoms with Crippen molar-refractivity contribution in [2.45, 2.75) is 25.8 Å².